The highest BCUT2D eigenvalue weighted by Gasteiger charge is 1.96. The number of anilines is 1. The first-order chi connectivity index (χ1) is 13.2. The summed E-state index contributed by atoms with van der Waals surface area (Å²) in [6.07, 6.45) is 4.19. The fraction of sp³-hybridized carbons (Fsp3) is 0.364. The molecule has 0 bridgehead atoms. The lowest BCUT2D eigenvalue weighted by molar-refractivity contribution is 0.0247. The van der Waals surface area contributed by atoms with E-state index in [4.69, 9.17) is 19.3 Å². The Labute approximate surface area is 161 Å². The number of hydrogen-bond acceptors (Lipinski definition) is 5. The van der Waals surface area contributed by atoms with E-state index < -0.39 is 0 Å². The second-order valence-electron chi connectivity index (χ2n) is 6.19. The van der Waals surface area contributed by atoms with Crippen molar-refractivity contribution in [1.29, 1.82) is 0 Å². The fourth-order valence-electron chi connectivity index (χ4n) is 2.36. The molecule has 0 spiro atoms. The lowest BCUT2D eigenvalue weighted by Gasteiger charge is -2.11. The fourth-order valence-corrected chi connectivity index (χ4v) is 2.36. The van der Waals surface area contributed by atoms with Gasteiger partial charge in [-0.2, -0.15) is 0 Å². The van der Waals surface area contributed by atoms with Crippen molar-refractivity contribution in [3.05, 3.63) is 59.7 Å². The average Bonchev–Trinajstić information content (AvgIpc) is 2.69. The summed E-state index contributed by atoms with van der Waals surface area (Å²) in [4.78, 5) is 2.09. The van der Waals surface area contributed by atoms with Gasteiger partial charge in [0.2, 0.25) is 0 Å². The molecule has 0 heterocycles. The van der Waals surface area contributed by atoms with Gasteiger partial charge in [-0.05, 0) is 35.4 Å². The van der Waals surface area contributed by atoms with E-state index in [0.717, 1.165) is 11.3 Å². The molecule has 0 aliphatic rings. The van der Waals surface area contributed by atoms with Crippen LogP contribution >= 0.6 is 0 Å². The van der Waals surface area contributed by atoms with E-state index in [1.165, 1.54) is 11.3 Å². The van der Waals surface area contributed by atoms with Gasteiger partial charge >= 0.3 is 0 Å². The summed E-state index contributed by atoms with van der Waals surface area (Å²) in [6, 6.07) is 16.4. The van der Waals surface area contributed by atoms with Crippen LogP contribution in [-0.4, -0.2) is 58.8 Å². The van der Waals surface area contributed by atoms with Gasteiger partial charge in [0, 0.05) is 19.8 Å². The summed E-state index contributed by atoms with van der Waals surface area (Å²) < 4.78 is 16.2. The number of aliphatic hydroxyl groups is 1. The van der Waals surface area contributed by atoms with E-state index in [9.17, 15) is 0 Å². The molecular formula is C22H29NO4. The minimum Gasteiger partial charge on any atom is -0.491 e. The molecular weight excluding hydrogens is 342 g/mol. The normalized spacial score (nSPS) is 11.1. The molecule has 0 unspecified atom stereocenters. The Hall–Kier alpha value is -2.34. The van der Waals surface area contributed by atoms with Crippen molar-refractivity contribution in [2.75, 3.05) is 58.6 Å². The number of nitrogens with zero attached hydrogens (tertiary/aromatic N) is 1. The van der Waals surface area contributed by atoms with Gasteiger partial charge in [0.15, 0.2) is 0 Å². The van der Waals surface area contributed by atoms with Gasteiger partial charge in [0.25, 0.3) is 0 Å². The van der Waals surface area contributed by atoms with Gasteiger partial charge in [0.1, 0.15) is 12.4 Å². The van der Waals surface area contributed by atoms with Crippen LogP contribution in [0.3, 0.4) is 0 Å². The Balaban J connectivity index is 1.70. The quantitative estimate of drug-likeness (QED) is 0.458. The van der Waals surface area contributed by atoms with E-state index in [1.807, 2.05) is 38.4 Å². The van der Waals surface area contributed by atoms with Crippen LogP contribution in [-0.2, 0) is 9.47 Å². The van der Waals surface area contributed by atoms with E-state index in [1.54, 1.807) is 0 Å². The molecule has 2 aromatic rings. The Kier molecular flexibility index (Phi) is 9.41. The molecule has 0 radical (unpaired) electrons. The second-order valence-corrected chi connectivity index (χ2v) is 6.19. The molecule has 0 atom stereocenters. The summed E-state index contributed by atoms with van der Waals surface area (Å²) in [6.45, 7) is 2.38. The highest BCUT2D eigenvalue weighted by molar-refractivity contribution is 5.70. The first-order valence-electron chi connectivity index (χ1n) is 9.14. The van der Waals surface area contributed by atoms with Crippen LogP contribution in [0.2, 0.25) is 0 Å². The van der Waals surface area contributed by atoms with Crippen LogP contribution in [0.15, 0.2) is 48.5 Å². The first kappa shape index (κ1) is 21.0. The lowest BCUT2D eigenvalue weighted by atomic mass is 10.1. The molecule has 1 N–H and O–H groups in total. The van der Waals surface area contributed by atoms with E-state index >= 15 is 0 Å². The molecule has 2 aromatic carbocycles. The van der Waals surface area contributed by atoms with Crippen LogP contribution in [0.5, 0.6) is 5.75 Å². The number of benzene rings is 2. The predicted octanol–water partition coefficient (Wildman–Crippen LogP) is 3.33. The van der Waals surface area contributed by atoms with Crippen molar-refractivity contribution in [1.82, 2.24) is 0 Å². The van der Waals surface area contributed by atoms with Gasteiger partial charge in [0.05, 0.1) is 33.0 Å². The van der Waals surface area contributed by atoms with Crippen LogP contribution in [0.1, 0.15) is 11.1 Å². The highest BCUT2D eigenvalue weighted by Crippen LogP contribution is 2.16. The monoisotopic (exact) mass is 371 g/mol. The van der Waals surface area contributed by atoms with Crippen LogP contribution < -0.4 is 9.64 Å². The van der Waals surface area contributed by atoms with Gasteiger partial charge in [-0.1, -0.05) is 36.4 Å². The molecule has 5 heteroatoms. The number of ether oxygens (including phenoxy) is 3. The van der Waals surface area contributed by atoms with Gasteiger partial charge < -0.3 is 24.2 Å². The zero-order valence-electron chi connectivity index (χ0n) is 16.1. The summed E-state index contributed by atoms with van der Waals surface area (Å²) in [5, 5.41) is 8.58. The summed E-state index contributed by atoms with van der Waals surface area (Å²) in [7, 11) is 4.07. The number of rotatable bonds is 12. The summed E-state index contributed by atoms with van der Waals surface area (Å²) >= 11 is 0. The van der Waals surface area contributed by atoms with Crippen LogP contribution in [0.4, 0.5) is 5.69 Å². The Morgan fingerprint density at radius 2 is 1.26 bits per heavy atom. The second kappa shape index (κ2) is 12.1. The maximum absolute atomic E-state index is 8.58. The molecule has 5 nitrogen and oxygen atoms in total. The molecule has 2 rings (SSSR count). The maximum Gasteiger partial charge on any atom is 0.119 e. The SMILES string of the molecule is CN(C)c1ccc(/C=C/c2ccc(OCCOCCOCCO)cc2)cc1. The number of hydrogen-bond donors (Lipinski definition) is 1. The molecule has 0 saturated heterocycles. The summed E-state index contributed by atoms with van der Waals surface area (Å²) in [5.41, 5.74) is 3.48. The van der Waals surface area contributed by atoms with Crippen molar-refractivity contribution >= 4 is 17.8 Å². The van der Waals surface area contributed by atoms with Crippen molar-refractivity contribution in [2.24, 2.45) is 0 Å². The van der Waals surface area contributed by atoms with Gasteiger partial charge in [-0.15, -0.1) is 0 Å². The maximum atomic E-state index is 8.58. The van der Waals surface area contributed by atoms with Gasteiger partial charge in [-0.3, -0.25) is 0 Å². The first-order valence-corrected chi connectivity index (χ1v) is 9.14. The minimum absolute atomic E-state index is 0.0387. The minimum atomic E-state index is 0.0387. The Bertz CT molecular complexity index is 666. The molecule has 27 heavy (non-hydrogen) atoms. The molecule has 0 saturated carbocycles. The molecule has 0 aliphatic heterocycles. The molecule has 0 amide bonds. The van der Waals surface area contributed by atoms with Crippen molar-refractivity contribution in [3.63, 3.8) is 0 Å². The summed E-state index contributed by atoms with van der Waals surface area (Å²) in [5.74, 6) is 0.822. The topological polar surface area (TPSA) is 51.2 Å². The predicted molar refractivity (Wildman–Crippen MR) is 110 cm³/mol. The third kappa shape index (κ3) is 8.26. The Morgan fingerprint density at radius 1 is 0.741 bits per heavy atom. The van der Waals surface area contributed by atoms with E-state index in [0.29, 0.717) is 33.0 Å². The third-order valence-corrected chi connectivity index (χ3v) is 3.86. The van der Waals surface area contributed by atoms with Crippen molar-refractivity contribution < 1.29 is 19.3 Å². The standard InChI is InChI=1S/C22H29NO4/c1-23(2)21-9-5-19(6-10-21)3-4-20-7-11-22(12-8-20)27-18-17-26-16-15-25-14-13-24/h3-12,24H,13-18H2,1-2H3/b4-3+. The molecule has 146 valence electrons. The smallest absolute Gasteiger partial charge is 0.119 e. The van der Waals surface area contributed by atoms with Crippen molar-refractivity contribution in [2.45, 2.75) is 0 Å². The zero-order chi connectivity index (χ0) is 19.3. The molecule has 0 aliphatic carbocycles. The molecule has 0 aromatic heterocycles. The van der Waals surface area contributed by atoms with Crippen LogP contribution in [0, 0.1) is 0 Å². The Morgan fingerprint density at radius 3 is 1.81 bits per heavy atom. The third-order valence-electron chi connectivity index (χ3n) is 3.86. The zero-order valence-corrected chi connectivity index (χ0v) is 16.1. The number of aliphatic hydroxyl groups excluding tert-OH is 1. The largest absolute Gasteiger partial charge is 0.491 e. The molecule has 0 fully saturated rings. The van der Waals surface area contributed by atoms with Crippen molar-refractivity contribution in [3.8, 4) is 5.75 Å². The van der Waals surface area contributed by atoms with E-state index in [-0.39, 0.29) is 6.61 Å². The van der Waals surface area contributed by atoms with E-state index in [2.05, 4.69) is 41.3 Å². The van der Waals surface area contributed by atoms with Gasteiger partial charge in [-0.25, -0.2) is 0 Å². The lowest BCUT2D eigenvalue weighted by Crippen LogP contribution is -2.11. The average molecular weight is 371 g/mol. The highest BCUT2D eigenvalue weighted by atomic mass is 16.5. The van der Waals surface area contributed by atoms with Crippen LogP contribution in [0.25, 0.3) is 12.2 Å².